The molecule has 1 aliphatic heterocycles. The highest BCUT2D eigenvalue weighted by Gasteiger charge is 2.13. The molecule has 0 radical (unpaired) electrons. The number of ether oxygens (including phenoxy) is 2. The molecule has 1 aromatic carbocycles. The van der Waals surface area contributed by atoms with Gasteiger partial charge in [-0.3, -0.25) is 0 Å². The van der Waals surface area contributed by atoms with Crippen molar-refractivity contribution in [1.29, 1.82) is 0 Å². The summed E-state index contributed by atoms with van der Waals surface area (Å²) < 4.78 is 13.3. The second-order valence-electron chi connectivity index (χ2n) is 5.49. The van der Waals surface area contributed by atoms with Crippen LogP contribution in [0.2, 0.25) is 0 Å². The number of anilines is 1. The molecule has 0 fully saturated rings. The monoisotopic (exact) mass is 311 g/mol. The first-order valence-electron chi connectivity index (χ1n) is 7.62. The maximum atomic E-state index is 5.98. The zero-order valence-corrected chi connectivity index (χ0v) is 12.6. The van der Waals surface area contributed by atoms with E-state index in [9.17, 15) is 0 Å². The van der Waals surface area contributed by atoms with Crippen LogP contribution in [0.5, 0.6) is 11.8 Å². The Hall–Kier alpha value is -2.83. The topological polar surface area (TPSA) is 88.1 Å². The van der Waals surface area contributed by atoms with E-state index in [1.54, 1.807) is 6.33 Å². The lowest BCUT2D eigenvalue weighted by molar-refractivity contribution is 0.255. The molecule has 118 valence electrons. The van der Waals surface area contributed by atoms with Gasteiger partial charge in [-0.1, -0.05) is 12.1 Å². The normalized spacial score (nSPS) is 15.0. The van der Waals surface area contributed by atoms with E-state index in [0.29, 0.717) is 42.8 Å². The number of nitrogens with zero attached hydrogens (tertiary/aromatic N) is 4. The molecule has 0 spiro atoms. The highest BCUT2D eigenvalue weighted by molar-refractivity contribution is 5.81. The number of benzene rings is 1. The number of hydrogen-bond acceptors (Lipinski definition) is 6. The van der Waals surface area contributed by atoms with Crippen molar-refractivity contribution in [2.45, 2.75) is 19.4 Å². The SMILES string of the molecule is Nc1nc2nc3c1ncn3Cc1cccc(c1)OCCCCO2. The van der Waals surface area contributed by atoms with Gasteiger partial charge in [0.25, 0.3) is 0 Å². The van der Waals surface area contributed by atoms with E-state index in [1.165, 1.54) is 0 Å². The van der Waals surface area contributed by atoms with E-state index in [0.717, 1.165) is 24.2 Å². The molecule has 23 heavy (non-hydrogen) atoms. The van der Waals surface area contributed by atoms with E-state index in [4.69, 9.17) is 15.2 Å². The lowest BCUT2D eigenvalue weighted by Crippen LogP contribution is -2.08. The third kappa shape index (κ3) is 2.77. The van der Waals surface area contributed by atoms with Gasteiger partial charge < -0.3 is 19.8 Å². The highest BCUT2D eigenvalue weighted by Crippen LogP contribution is 2.22. The fourth-order valence-corrected chi connectivity index (χ4v) is 2.61. The Morgan fingerprint density at radius 2 is 1.96 bits per heavy atom. The first-order valence-corrected chi connectivity index (χ1v) is 7.62. The Bertz CT molecular complexity index is 846. The molecule has 4 rings (SSSR count). The average Bonchev–Trinajstić information content (AvgIpc) is 2.94. The summed E-state index contributed by atoms with van der Waals surface area (Å²) in [6.45, 7) is 1.82. The third-order valence-electron chi connectivity index (χ3n) is 3.76. The minimum atomic E-state index is 0.295. The van der Waals surface area contributed by atoms with Gasteiger partial charge in [-0.15, -0.1) is 0 Å². The molecule has 7 heteroatoms. The molecule has 3 heterocycles. The van der Waals surface area contributed by atoms with Crippen molar-refractivity contribution in [3.05, 3.63) is 36.2 Å². The number of aromatic nitrogens is 4. The molecule has 0 saturated carbocycles. The van der Waals surface area contributed by atoms with Gasteiger partial charge >= 0.3 is 6.01 Å². The zero-order chi connectivity index (χ0) is 15.6. The number of nitrogen functional groups attached to an aromatic ring is 1. The number of rotatable bonds is 0. The summed E-state index contributed by atoms with van der Waals surface area (Å²) in [6, 6.07) is 8.35. The van der Waals surface area contributed by atoms with Gasteiger partial charge in [0, 0.05) is 0 Å². The van der Waals surface area contributed by atoms with Crippen molar-refractivity contribution in [3.8, 4) is 11.8 Å². The van der Waals surface area contributed by atoms with E-state index in [2.05, 4.69) is 15.0 Å². The summed E-state index contributed by atoms with van der Waals surface area (Å²) in [5.41, 5.74) is 8.36. The summed E-state index contributed by atoms with van der Waals surface area (Å²) in [7, 11) is 0. The van der Waals surface area contributed by atoms with Gasteiger partial charge in [-0.05, 0) is 30.5 Å². The van der Waals surface area contributed by atoms with E-state index >= 15 is 0 Å². The van der Waals surface area contributed by atoms with Crippen LogP contribution in [0, 0.1) is 0 Å². The fourth-order valence-electron chi connectivity index (χ4n) is 2.61. The minimum absolute atomic E-state index is 0.295. The maximum Gasteiger partial charge on any atom is 0.320 e. The standard InChI is InChI=1S/C16H17N5O2/c17-14-13-15-20-16(19-14)23-7-2-1-6-22-12-5-3-4-11(8-12)9-21(15)10-18-13/h3-5,8,10H,1-2,6-7,9H2,(H2,17,19,20). The predicted molar refractivity (Wildman–Crippen MR) is 85.5 cm³/mol. The van der Waals surface area contributed by atoms with Crippen molar-refractivity contribution < 1.29 is 9.47 Å². The van der Waals surface area contributed by atoms with Crippen molar-refractivity contribution in [2.75, 3.05) is 18.9 Å². The van der Waals surface area contributed by atoms with Crippen molar-refractivity contribution in [2.24, 2.45) is 0 Å². The molecule has 2 aromatic heterocycles. The van der Waals surface area contributed by atoms with Crippen LogP contribution in [0.25, 0.3) is 11.2 Å². The van der Waals surface area contributed by atoms with Crippen LogP contribution in [0.1, 0.15) is 18.4 Å². The number of fused-ring (bicyclic) bond motifs is 3. The minimum Gasteiger partial charge on any atom is -0.494 e. The summed E-state index contributed by atoms with van der Waals surface area (Å²) >= 11 is 0. The second-order valence-corrected chi connectivity index (χ2v) is 5.49. The van der Waals surface area contributed by atoms with Gasteiger partial charge in [-0.2, -0.15) is 9.97 Å². The Morgan fingerprint density at radius 3 is 2.87 bits per heavy atom. The Kier molecular flexibility index (Phi) is 3.45. The van der Waals surface area contributed by atoms with Gasteiger partial charge in [0.05, 0.1) is 26.1 Å². The van der Waals surface area contributed by atoms with Gasteiger partial charge in [0.15, 0.2) is 17.0 Å². The molecule has 4 bridgehead atoms. The van der Waals surface area contributed by atoms with Gasteiger partial charge in [0.2, 0.25) is 0 Å². The van der Waals surface area contributed by atoms with Crippen LogP contribution in [0.3, 0.4) is 0 Å². The quantitative estimate of drug-likeness (QED) is 0.683. The van der Waals surface area contributed by atoms with Crippen LogP contribution < -0.4 is 15.2 Å². The molecule has 0 unspecified atom stereocenters. The smallest absolute Gasteiger partial charge is 0.320 e. The molecule has 0 aliphatic carbocycles. The van der Waals surface area contributed by atoms with Crippen LogP contribution in [0.15, 0.2) is 30.6 Å². The molecule has 3 aromatic rings. The summed E-state index contributed by atoms with van der Waals surface area (Å²) in [5.74, 6) is 1.22. The highest BCUT2D eigenvalue weighted by atomic mass is 16.5. The fraction of sp³-hybridized carbons (Fsp3) is 0.312. The largest absolute Gasteiger partial charge is 0.494 e. The Labute approximate surface area is 133 Å². The second kappa shape index (κ2) is 5.75. The van der Waals surface area contributed by atoms with Crippen molar-refractivity contribution >= 4 is 17.0 Å². The number of hydrogen-bond donors (Lipinski definition) is 1. The summed E-state index contributed by atoms with van der Waals surface area (Å²) in [5, 5.41) is 0. The Balaban J connectivity index is 1.80. The van der Waals surface area contributed by atoms with Crippen LogP contribution in [-0.2, 0) is 6.54 Å². The maximum absolute atomic E-state index is 5.98. The first-order chi connectivity index (χ1) is 11.3. The number of imidazole rings is 1. The van der Waals surface area contributed by atoms with Gasteiger partial charge in [-0.25, -0.2) is 4.98 Å². The predicted octanol–water partition coefficient (Wildman–Crippen LogP) is 2.01. The van der Waals surface area contributed by atoms with Crippen molar-refractivity contribution in [3.63, 3.8) is 0 Å². The van der Waals surface area contributed by atoms with Crippen LogP contribution in [0.4, 0.5) is 5.82 Å². The Morgan fingerprint density at radius 1 is 1.09 bits per heavy atom. The molecule has 0 saturated heterocycles. The summed E-state index contributed by atoms with van der Waals surface area (Å²) in [4.78, 5) is 12.9. The third-order valence-corrected chi connectivity index (χ3v) is 3.76. The van der Waals surface area contributed by atoms with Gasteiger partial charge in [0.1, 0.15) is 5.75 Å². The van der Waals surface area contributed by atoms with Crippen molar-refractivity contribution in [1.82, 2.24) is 19.5 Å². The molecular weight excluding hydrogens is 294 g/mol. The van der Waals surface area contributed by atoms with E-state index in [-0.39, 0.29) is 0 Å². The van der Waals surface area contributed by atoms with Crippen LogP contribution in [-0.4, -0.2) is 32.7 Å². The molecule has 7 nitrogen and oxygen atoms in total. The van der Waals surface area contributed by atoms with Crippen LogP contribution >= 0.6 is 0 Å². The summed E-state index contributed by atoms with van der Waals surface area (Å²) in [6.07, 6.45) is 3.49. The molecular formula is C16H17N5O2. The lowest BCUT2D eigenvalue weighted by Gasteiger charge is -2.11. The first kappa shape index (κ1) is 13.8. The molecule has 0 amide bonds. The molecule has 0 atom stereocenters. The zero-order valence-electron chi connectivity index (χ0n) is 12.6. The van der Waals surface area contributed by atoms with E-state index in [1.807, 2.05) is 28.8 Å². The average molecular weight is 311 g/mol. The lowest BCUT2D eigenvalue weighted by atomic mass is 10.2. The molecule has 2 N–H and O–H groups in total. The van der Waals surface area contributed by atoms with E-state index < -0.39 is 0 Å². The number of nitrogens with two attached hydrogens (primary N) is 1. The molecule has 1 aliphatic rings.